The van der Waals surface area contributed by atoms with E-state index in [2.05, 4.69) is 0 Å². The Hall–Kier alpha value is -1.78. The molecule has 0 spiro atoms. The number of amides is 2. The lowest BCUT2D eigenvalue weighted by Crippen LogP contribution is -2.51. The van der Waals surface area contributed by atoms with Crippen LogP contribution in [0, 0.1) is 11.3 Å². The predicted molar refractivity (Wildman–Crippen MR) is 66.3 cm³/mol. The average Bonchev–Trinajstić information content (AvgIpc) is 3.23. The van der Waals surface area contributed by atoms with Gasteiger partial charge < -0.3 is 14.2 Å². The summed E-state index contributed by atoms with van der Waals surface area (Å²) in [6.45, 7) is 2.51. The molecular formula is C14H16N2O3. The molecule has 0 atom stereocenters. The number of hydrogen-bond donors (Lipinski definition) is 0. The molecule has 0 aromatic carbocycles. The fourth-order valence-electron chi connectivity index (χ4n) is 3.03. The van der Waals surface area contributed by atoms with Gasteiger partial charge in [-0.05, 0) is 30.9 Å². The normalized spacial score (nSPS) is 31.9. The number of carbonyl (C=O) groups excluding carboxylic acids is 2. The molecule has 5 nitrogen and oxygen atoms in total. The lowest BCUT2D eigenvalue weighted by molar-refractivity contribution is -0.136. The van der Waals surface area contributed by atoms with Gasteiger partial charge in [0, 0.05) is 26.2 Å². The van der Waals surface area contributed by atoms with E-state index in [-0.39, 0.29) is 11.3 Å². The van der Waals surface area contributed by atoms with Crippen LogP contribution in [0.3, 0.4) is 0 Å². The highest BCUT2D eigenvalue weighted by atomic mass is 16.3. The van der Waals surface area contributed by atoms with E-state index in [1.165, 1.54) is 6.26 Å². The van der Waals surface area contributed by atoms with Crippen LogP contribution < -0.4 is 0 Å². The molecule has 2 heterocycles. The molecule has 4 rings (SSSR count). The van der Waals surface area contributed by atoms with Crippen molar-refractivity contribution in [1.82, 2.24) is 9.80 Å². The van der Waals surface area contributed by atoms with Crippen molar-refractivity contribution in [3.63, 3.8) is 0 Å². The SMILES string of the molecule is O=C(c1ccco1)N1CCN(C(=O)C23CC2C3)CC1. The smallest absolute Gasteiger partial charge is 0.289 e. The van der Waals surface area contributed by atoms with E-state index < -0.39 is 0 Å². The lowest BCUT2D eigenvalue weighted by Gasteiger charge is -2.35. The molecule has 2 amide bonds. The minimum atomic E-state index is -0.0778. The molecule has 1 aromatic rings. The Morgan fingerprint density at radius 2 is 1.79 bits per heavy atom. The highest BCUT2D eigenvalue weighted by Crippen LogP contribution is 2.75. The van der Waals surface area contributed by atoms with Crippen LogP contribution in [0.2, 0.25) is 0 Å². The third-order valence-corrected chi connectivity index (χ3v) is 4.69. The van der Waals surface area contributed by atoms with Crippen molar-refractivity contribution in [1.29, 1.82) is 0 Å². The Morgan fingerprint density at radius 3 is 2.32 bits per heavy atom. The van der Waals surface area contributed by atoms with Gasteiger partial charge in [-0.2, -0.15) is 0 Å². The van der Waals surface area contributed by atoms with E-state index in [1.807, 2.05) is 4.90 Å². The van der Waals surface area contributed by atoms with Crippen LogP contribution in [0.25, 0.3) is 0 Å². The standard InChI is InChI=1S/C14H16N2O3/c17-12(11-2-1-7-19-11)15-3-5-16(6-4-15)13(18)14-8-10(14)9-14/h1-2,7,10H,3-6,8-9H2. The molecule has 1 aromatic heterocycles. The second-order valence-corrected chi connectivity index (χ2v) is 5.82. The summed E-state index contributed by atoms with van der Waals surface area (Å²) >= 11 is 0. The van der Waals surface area contributed by atoms with E-state index in [9.17, 15) is 9.59 Å². The van der Waals surface area contributed by atoms with Crippen LogP contribution in [-0.4, -0.2) is 47.8 Å². The summed E-state index contributed by atoms with van der Waals surface area (Å²) in [7, 11) is 0. The van der Waals surface area contributed by atoms with E-state index in [1.54, 1.807) is 17.0 Å². The third kappa shape index (κ3) is 1.60. The molecule has 100 valence electrons. The summed E-state index contributed by atoms with van der Waals surface area (Å²) in [5.74, 6) is 1.30. The molecule has 0 bridgehead atoms. The largest absolute Gasteiger partial charge is 0.459 e. The fraction of sp³-hybridized carbons (Fsp3) is 0.571. The molecule has 2 aliphatic carbocycles. The molecule has 19 heavy (non-hydrogen) atoms. The number of rotatable bonds is 2. The van der Waals surface area contributed by atoms with Crippen LogP contribution in [0.1, 0.15) is 23.4 Å². The Balaban J connectivity index is 1.37. The zero-order valence-corrected chi connectivity index (χ0v) is 10.7. The third-order valence-electron chi connectivity index (χ3n) is 4.69. The van der Waals surface area contributed by atoms with Gasteiger partial charge in [-0.1, -0.05) is 0 Å². The Bertz CT molecular complexity index is 523. The van der Waals surface area contributed by atoms with Gasteiger partial charge in [0.25, 0.3) is 5.91 Å². The summed E-state index contributed by atoms with van der Waals surface area (Å²) in [5.41, 5.74) is 0.0488. The van der Waals surface area contributed by atoms with Gasteiger partial charge in [0.15, 0.2) is 5.76 Å². The minimum absolute atomic E-state index is 0.0488. The number of piperazine rings is 1. The molecule has 0 unspecified atom stereocenters. The van der Waals surface area contributed by atoms with Crippen LogP contribution in [0.15, 0.2) is 22.8 Å². The summed E-state index contributed by atoms with van der Waals surface area (Å²) in [6.07, 6.45) is 3.70. The second-order valence-electron chi connectivity index (χ2n) is 5.82. The van der Waals surface area contributed by atoms with Crippen molar-refractivity contribution in [3.8, 4) is 0 Å². The second kappa shape index (κ2) is 3.62. The first-order chi connectivity index (χ1) is 9.21. The molecule has 3 aliphatic rings. The molecule has 2 saturated carbocycles. The molecule has 1 saturated heterocycles. The van der Waals surface area contributed by atoms with Crippen LogP contribution in [-0.2, 0) is 4.79 Å². The van der Waals surface area contributed by atoms with Crippen LogP contribution in [0.4, 0.5) is 0 Å². The topological polar surface area (TPSA) is 53.8 Å². The molecule has 1 aliphatic heterocycles. The molecule has 0 radical (unpaired) electrons. The maximum absolute atomic E-state index is 12.2. The van der Waals surface area contributed by atoms with Gasteiger partial charge in [0.05, 0.1) is 11.7 Å². The highest BCUT2D eigenvalue weighted by molar-refractivity contribution is 5.92. The van der Waals surface area contributed by atoms with Gasteiger partial charge in [-0.3, -0.25) is 9.59 Å². The van der Waals surface area contributed by atoms with E-state index in [0.717, 1.165) is 12.8 Å². The van der Waals surface area contributed by atoms with Gasteiger partial charge in [0.1, 0.15) is 0 Å². The zero-order valence-electron chi connectivity index (χ0n) is 10.7. The lowest BCUT2D eigenvalue weighted by atomic mass is 10.1. The first-order valence-electron chi connectivity index (χ1n) is 6.83. The number of hydrogen-bond acceptors (Lipinski definition) is 3. The van der Waals surface area contributed by atoms with Crippen molar-refractivity contribution >= 4 is 11.8 Å². The molecule has 0 N–H and O–H groups in total. The summed E-state index contributed by atoms with van der Waals surface area (Å²) < 4.78 is 5.12. The van der Waals surface area contributed by atoms with Crippen molar-refractivity contribution < 1.29 is 14.0 Å². The summed E-state index contributed by atoms with van der Waals surface area (Å²) in [6, 6.07) is 3.39. The number of nitrogens with zero attached hydrogens (tertiary/aromatic N) is 2. The van der Waals surface area contributed by atoms with E-state index in [0.29, 0.717) is 43.8 Å². The Kier molecular flexibility index (Phi) is 2.11. The summed E-state index contributed by atoms with van der Waals surface area (Å²) in [4.78, 5) is 28.0. The molecule has 5 heteroatoms. The Labute approximate surface area is 111 Å². The van der Waals surface area contributed by atoms with Crippen LogP contribution >= 0.6 is 0 Å². The van der Waals surface area contributed by atoms with Crippen molar-refractivity contribution in [2.45, 2.75) is 12.8 Å². The van der Waals surface area contributed by atoms with Crippen LogP contribution in [0.5, 0.6) is 0 Å². The number of furan rings is 1. The van der Waals surface area contributed by atoms with E-state index >= 15 is 0 Å². The minimum Gasteiger partial charge on any atom is -0.459 e. The van der Waals surface area contributed by atoms with Crippen molar-refractivity contribution in [2.24, 2.45) is 11.3 Å². The van der Waals surface area contributed by atoms with Crippen molar-refractivity contribution in [2.75, 3.05) is 26.2 Å². The van der Waals surface area contributed by atoms with Crippen molar-refractivity contribution in [3.05, 3.63) is 24.2 Å². The highest BCUT2D eigenvalue weighted by Gasteiger charge is 2.75. The molecule has 3 fully saturated rings. The number of carbonyl (C=O) groups is 2. The van der Waals surface area contributed by atoms with Gasteiger partial charge in [-0.15, -0.1) is 0 Å². The summed E-state index contributed by atoms with van der Waals surface area (Å²) in [5, 5.41) is 0. The monoisotopic (exact) mass is 260 g/mol. The number of fused-ring (bicyclic) bond motifs is 1. The first kappa shape index (κ1) is 11.1. The average molecular weight is 260 g/mol. The molecular weight excluding hydrogens is 244 g/mol. The first-order valence-corrected chi connectivity index (χ1v) is 6.83. The zero-order chi connectivity index (χ0) is 13.0. The fourth-order valence-corrected chi connectivity index (χ4v) is 3.03. The maximum Gasteiger partial charge on any atom is 0.289 e. The van der Waals surface area contributed by atoms with Gasteiger partial charge in [-0.25, -0.2) is 0 Å². The quantitative estimate of drug-likeness (QED) is 0.796. The maximum atomic E-state index is 12.2. The van der Waals surface area contributed by atoms with Gasteiger partial charge in [0.2, 0.25) is 5.91 Å². The predicted octanol–water partition coefficient (Wildman–Crippen LogP) is 0.974. The van der Waals surface area contributed by atoms with Gasteiger partial charge >= 0.3 is 0 Å². The van der Waals surface area contributed by atoms with E-state index in [4.69, 9.17) is 4.42 Å². The Morgan fingerprint density at radius 1 is 1.16 bits per heavy atom.